The molecule has 0 heterocycles. The summed E-state index contributed by atoms with van der Waals surface area (Å²) < 4.78 is 58.1. The second-order valence-corrected chi connectivity index (χ2v) is 3.56. The summed E-state index contributed by atoms with van der Waals surface area (Å²) in [7, 11) is 0. The number of aryl methyl sites for hydroxylation is 1. The van der Waals surface area contributed by atoms with E-state index in [1.165, 1.54) is 19.1 Å². The number of hydrogen-bond acceptors (Lipinski definition) is 2. The van der Waals surface area contributed by atoms with Gasteiger partial charge in [-0.2, -0.15) is 13.2 Å². The monoisotopic (exact) mass is 223 g/mol. The van der Waals surface area contributed by atoms with Crippen LogP contribution in [-0.2, 0) is 17.3 Å². The zero-order valence-corrected chi connectivity index (χ0v) is 7.91. The number of benzene rings is 1. The smallest absolute Gasteiger partial charge is 0.417 e. The van der Waals surface area contributed by atoms with Crippen LogP contribution >= 0.6 is 0 Å². The lowest BCUT2D eigenvalue weighted by Crippen LogP contribution is -2.11. The van der Waals surface area contributed by atoms with Crippen molar-refractivity contribution >= 4 is 11.1 Å². The Kier molecular flexibility index (Phi) is 2.96. The minimum absolute atomic E-state index is 0.0909. The molecule has 0 spiro atoms. The molecule has 0 saturated carbocycles. The van der Waals surface area contributed by atoms with E-state index in [1.54, 1.807) is 0 Å². The molecule has 1 rings (SSSR count). The first-order chi connectivity index (χ1) is 6.34. The highest BCUT2D eigenvalue weighted by atomic mass is 32.2. The van der Waals surface area contributed by atoms with Gasteiger partial charge in [-0.1, -0.05) is 12.1 Å². The molecule has 2 nitrogen and oxygen atoms in total. The van der Waals surface area contributed by atoms with E-state index in [2.05, 4.69) is 0 Å². The molecule has 0 bridgehead atoms. The van der Waals surface area contributed by atoms with Crippen molar-refractivity contribution < 1.29 is 21.9 Å². The highest BCUT2D eigenvalue weighted by Crippen LogP contribution is 2.34. The van der Waals surface area contributed by atoms with Crippen molar-refractivity contribution in [1.82, 2.24) is 0 Å². The molecule has 0 fully saturated rings. The third-order valence-corrected chi connectivity index (χ3v) is 2.56. The standard InChI is InChI=1S/C8H7F3O2S/c1-5-3-2-4-6(8(9,10)11)7(5)14(12)13/h2-4H,1H3,(H,12,13)/p-1. The second-order valence-electron chi connectivity index (χ2n) is 2.68. The van der Waals surface area contributed by atoms with Gasteiger partial charge in [0.2, 0.25) is 0 Å². The number of halogens is 3. The summed E-state index contributed by atoms with van der Waals surface area (Å²) in [6.07, 6.45) is -4.64. The first-order valence-corrected chi connectivity index (χ1v) is 4.67. The summed E-state index contributed by atoms with van der Waals surface area (Å²) in [5.74, 6) is 0. The van der Waals surface area contributed by atoms with Crippen molar-refractivity contribution in [3.05, 3.63) is 29.3 Å². The van der Waals surface area contributed by atoms with Gasteiger partial charge in [-0.15, -0.1) is 0 Å². The SMILES string of the molecule is Cc1cccc(C(F)(F)F)c1S(=O)[O-]. The molecular formula is C8H6F3O2S-. The fourth-order valence-corrected chi connectivity index (χ4v) is 1.79. The predicted molar refractivity (Wildman–Crippen MR) is 43.4 cm³/mol. The lowest BCUT2D eigenvalue weighted by Gasteiger charge is -2.16. The number of hydrogen-bond donors (Lipinski definition) is 0. The fraction of sp³-hybridized carbons (Fsp3) is 0.250. The van der Waals surface area contributed by atoms with Crippen LogP contribution in [0.3, 0.4) is 0 Å². The van der Waals surface area contributed by atoms with E-state index in [-0.39, 0.29) is 5.56 Å². The van der Waals surface area contributed by atoms with E-state index in [0.29, 0.717) is 0 Å². The number of alkyl halides is 3. The Bertz CT molecular complexity index is 373. The third kappa shape index (κ3) is 2.13. The van der Waals surface area contributed by atoms with Crippen LogP contribution in [-0.4, -0.2) is 8.76 Å². The average molecular weight is 223 g/mol. The van der Waals surface area contributed by atoms with Crippen molar-refractivity contribution in [3.63, 3.8) is 0 Å². The molecule has 0 aliphatic rings. The van der Waals surface area contributed by atoms with Gasteiger partial charge in [0, 0.05) is 4.90 Å². The first-order valence-electron chi connectivity index (χ1n) is 3.60. The van der Waals surface area contributed by atoms with Crippen LogP contribution in [0.15, 0.2) is 23.1 Å². The fourth-order valence-electron chi connectivity index (χ4n) is 1.10. The third-order valence-electron chi connectivity index (χ3n) is 1.68. The maximum atomic E-state index is 12.3. The molecule has 0 N–H and O–H groups in total. The van der Waals surface area contributed by atoms with Crippen LogP contribution in [0.25, 0.3) is 0 Å². The van der Waals surface area contributed by atoms with E-state index >= 15 is 0 Å². The summed E-state index contributed by atoms with van der Waals surface area (Å²) in [5.41, 5.74) is -1.03. The van der Waals surface area contributed by atoms with Crippen LogP contribution in [0.4, 0.5) is 13.2 Å². The summed E-state index contributed by atoms with van der Waals surface area (Å²) in [5, 5.41) is 0. The molecule has 6 heteroatoms. The molecule has 78 valence electrons. The van der Waals surface area contributed by atoms with Crippen molar-refractivity contribution in [2.75, 3.05) is 0 Å². The topological polar surface area (TPSA) is 40.1 Å². The zero-order chi connectivity index (χ0) is 10.9. The predicted octanol–water partition coefficient (Wildman–Crippen LogP) is 2.25. The maximum Gasteiger partial charge on any atom is 0.417 e. The van der Waals surface area contributed by atoms with E-state index in [1.807, 2.05) is 0 Å². The summed E-state index contributed by atoms with van der Waals surface area (Å²) >= 11 is -2.87. The molecule has 0 amide bonds. The first kappa shape index (κ1) is 11.2. The molecular weight excluding hydrogens is 217 g/mol. The van der Waals surface area contributed by atoms with Crippen molar-refractivity contribution in [1.29, 1.82) is 0 Å². The van der Waals surface area contributed by atoms with Crippen LogP contribution in [0, 0.1) is 6.92 Å². The van der Waals surface area contributed by atoms with Crippen LogP contribution < -0.4 is 0 Å². The normalized spacial score (nSPS) is 14.1. The molecule has 0 aromatic heterocycles. The molecule has 0 aliphatic heterocycles. The summed E-state index contributed by atoms with van der Waals surface area (Å²) in [4.78, 5) is -0.681. The molecule has 14 heavy (non-hydrogen) atoms. The van der Waals surface area contributed by atoms with Crippen molar-refractivity contribution in [2.45, 2.75) is 18.0 Å². The highest BCUT2D eigenvalue weighted by Gasteiger charge is 2.34. The van der Waals surface area contributed by atoms with Gasteiger partial charge < -0.3 is 4.55 Å². The van der Waals surface area contributed by atoms with Crippen LogP contribution in [0.5, 0.6) is 0 Å². The molecule has 1 unspecified atom stereocenters. The largest absolute Gasteiger partial charge is 0.768 e. The Morgan fingerprint density at radius 1 is 1.36 bits per heavy atom. The molecule has 0 saturated heterocycles. The molecule has 1 aromatic carbocycles. The highest BCUT2D eigenvalue weighted by molar-refractivity contribution is 7.79. The van der Waals surface area contributed by atoms with E-state index in [4.69, 9.17) is 0 Å². The molecule has 1 atom stereocenters. The van der Waals surface area contributed by atoms with Gasteiger partial charge in [-0.05, 0) is 29.6 Å². The Morgan fingerprint density at radius 2 is 1.93 bits per heavy atom. The summed E-state index contributed by atoms with van der Waals surface area (Å²) in [6, 6.07) is 3.24. The second kappa shape index (κ2) is 3.70. The Labute approximate surface area is 81.0 Å². The van der Waals surface area contributed by atoms with Crippen LogP contribution in [0.1, 0.15) is 11.1 Å². The van der Waals surface area contributed by atoms with Crippen LogP contribution in [0.2, 0.25) is 0 Å². The lowest BCUT2D eigenvalue weighted by atomic mass is 10.1. The summed E-state index contributed by atoms with van der Waals surface area (Å²) in [6.45, 7) is 1.32. The Morgan fingerprint density at radius 3 is 2.29 bits per heavy atom. The van der Waals surface area contributed by atoms with Crippen molar-refractivity contribution in [3.8, 4) is 0 Å². The van der Waals surface area contributed by atoms with Gasteiger partial charge in [-0.25, -0.2) is 0 Å². The van der Waals surface area contributed by atoms with Gasteiger partial charge in [-0.3, -0.25) is 4.21 Å². The van der Waals surface area contributed by atoms with E-state index in [9.17, 15) is 21.9 Å². The minimum Gasteiger partial charge on any atom is -0.768 e. The Balaban J connectivity index is 3.44. The zero-order valence-electron chi connectivity index (χ0n) is 7.09. The maximum absolute atomic E-state index is 12.3. The van der Waals surface area contributed by atoms with Gasteiger partial charge >= 0.3 is 6.18 Å². The minimum atomic E-state index is -4.64. The van der Waals surface area contributed by atoms with Gasteiger partial charge in [0.1, 0.15) is 0 Å². The quantitative estimate of drug-likeness (QED) is 0.685. The molecule has 0 aliphatic carbocycles. The van der Waals surface area contributed by atoms with Gasteiger partial charge in [0.15, 0.2) is 0 Å². The molecule has 0 radical (unpaired) electrons. The number of rotatable bonds is 1. The molecule has 1 aromatic rings. The van der Waals surface area contributed by atoms with Gasteiger partial charge in [0.05, 0.1) is 5.56 Å². The lowest BCUT2D eigenvalue weighted by molar-refractivity contribution is -0.140. The van der Waals surface area contributed by atoms with Crippen molar-refractivity contribution in [2.24, 2.45) is 0 Å². The Hall–Kier alpha value is -0.880. The average Bonchev–Trinajstić information content (AvgIpc) is 2.01. The van der Waals surface area contributed by atoms with Gasteiger partial charge in [0.25, 0.3) is 0 Å². The van der Waals surface area contributed by atoms with E-state index < -0.39 is 27.7 Å². The van der Waals surface area contributed by atoms with E-state index in [0.717, 1.165) is 6.07 Å².